The van der Waals surface area contributed by atoms with Gasteiger partial charge in [0.05, 0.1) is 11.9 Å². The molecule has 0 saturated heterocycles. The highest BCUT2D eigenvalue weighted by Crippen LogP contribution is 2.28. The van der Waals surface area contributed by atoms with E-state index < -0.39 is 0 Å². The highest BCUT2D eigenvalue weighted by molar-refractivity contribution is 5.17. The van der Waals surface area contributed by atoms with Crippen LogP contribution in [0.5, 0.6) is 5.75 Å². The summed E-state index contributed by atoms with van der Waals surface area (Å²) in [6.07, 6.45) is 6.90. The lowest BCUT2D eigenvalue weighted by Crippen LogP contribution is -2.38. The first-order valence-corrected chi connectivity index (χ1v) is 6.51. The first-order valence-electron chi connectivity index (χ1n) is 6.51. The lowest BCUT2D eigenvalue weighted by Gasteiger charge is -2.36. The Balaban J connectivity index is 1.95. The van der Waals surface area contributed by atoms with Gasteiger partial charge in [-0.1, -0.05) is 19.8 Å². The molecule has 1 heterocycles. The maximum Gasteiger partial charge on any atom is 0.133 e. The van der Waals surface area contributed by atoms with E-state index in [2.05, 4.69) is 23.9 Å². The highest BCUT2D eigenvalue weighted by atomic mass is 16.3. The quantitative estimate of drug-likeness (QED) is 0.873. The predicted octanol–water partition coefficient (Wildman–Crippen LogP) is 2.80. The minimum absolute atomic E-state index is 0.238. The SMILES string of the molecule is CC1CCCCC1N(C)Cc1ccc(O)cn1. The van der Waals surface area contributed by atoms with Gasteiger partial charge in [0.25, 0.3) is 0 Å². The largest absolute Gasteiger partial charge is 0.506 e. The van der Waals surface area contributed by atoms with Gasteiger partial charge in [-0.3, -0.25) is 9.88 Å². The number of nitrogens with zero attached hydrogens (tertiary/aromatic N) is 2. The molecule has 2 rings (SSSR count). The Morgan fingerprint density at radius 1 is 1.35 bits per heavy atom. The van der Waals surface area contributed by atoms with Crippen LogP contribution in [-0.2, 0) is 6.54 Å². The molecule has 0 radical (unpaired) electrons. The molecule has 0 aliphatic heterocycles. The molecule has 3 nitrogen and oxygen atoms in total. The number of pyridine rings is 1. The molecule has 1 aliphatic carbocycles. The van der Waals surface area contributed by atoms with E-state index >= 15 is 0 Å². The zero-order valence-corrected chi connectivity index (χ0v) is 10.8. The monoisotopic (exact) mass is 234 g/mol. The molecule has 1 aromatic rings. The van der Waals surface area contributed by atoms with E-state index in [0.717, 1.165) is 18.2 Å². The Morgan fingerprint density at radius 3 is 2.76 bits per heavy atom. The van der Waals surface area contributed by atoms with Gasteiger partial charge in [0.2, 0.25) is 0 Å². The summed E-state index contributed by atoms with van der Waals surface area (Å²) in [7, 11) is 2.18. The molecular formula is C14H22N2O. The van der Waals surface area contributed by atoms with Crippen molar-refractivity contribution in [3.63, 3.8) is 0 Å². The van der Waals surface area contributed by atoms with E-state index in [1.165, 1.54) is 31.9 Å². The standard InChI is InChI=1S/C14H22N2O/c1-11-5-3-4-6-14(11)16(2)10-12-7-8-13(17)9-15-12/h7-9,11,14,17H,3-6,10H2,1-2H3. The normalized spacial score (nSPS) is 25.1. The Labute approximate surface area is 103 Å². The van der Waals surface area contributed by atoms with Crippen molar-refractivity contribution in [3.8, 4) is 5.75 Å². The van der Waals surface area contributed by atoms with E-state index in [9.17, 15) is 5.11 Å². The highest BCUT2D eigenvalue weighted by Gasteiger charge is 2.24. The first kappa shape index (κ1) is 12.4. The molecule has 1 aliphatic rings. The summed E-state index contributed by atoms with van der Waals surface area (Å²) < 4.78 is 0. The summed E-state index contributed by atoms with van der Waals surface area (Å²) in [4.78, 5) is 6.65. The van der Waals surface area contributed by atoms with Gasteiger partial charge in [0.1, 0.15) is 5.75 Å². The molecule has 0 amide bonds. The van der Waals surface area contributed by atoms with Gasteiger partial charge < -0.3 is 5.11 Å². The van der Waals surface area contributed by atoms with Gasteiger partial charge in [0, 0.05) is 12.6 Å². The first-order chi connectivity index (χ1) is 8.16. The molecule has 1 fully saturated rings. The van der Waals surface area contributed by atoms with Crippen molar-refractivity contribution >= 4 is 0 Å². The Kier molecular flexibility index (Phi) is 4.00. The van der Waals surface area contributed by atoms with E-state index in [4.69, 9.17) is 0 Å². The second kappa shape index (κ2) is 5.50. The summed E-state index contributed by atoms with van der Waals surface area (Å²) in [5.41, 5.74) is 1.03. The van der Waals surface area contributed by atoms with Crippen LogP contribution in [0.1, 0.15) is 38.3 Å². The molecule has 3 heteroatoms. The van der Waals surface area contributed by atoms with E-state index in [1.54, 1.807) is 6.07 Å². The molecular weight excluding hydrogens is 212 g/mol. The van der Waals surface area contributed by atoms with E-state index in [1.807, 2.05) is 6.07 Å². The van der Waals surface area contributed by atoms with Gasteiger partial charge in [-0.25, -0.2) is 0 Å². The number of hydrogen-bond acceptors (Lipinski definition) is 3. The molecule has 0 spiro atoms. The van der Waals surface area contributed by atoms with Crippen LogP contribution in [0.25, 0.3) is 0 Å². The van der Waals surface area contributed by atoms with Gasteiger partial charge >= 0.3 is 0 Å². The second-order valence-electron chi connectivity index (χ2n) is 5.25. The van der Waals surface area contributed by atoms with Crippen molar-refractivity contribution in [2.75, 3.05) is 7.05 Å². The van der Waals surface area contributed by atoms with E-state index in [-0.39, 0.29) is 5.75 Å². The number of aromatic nitrogens is 1. The summed E-state index contributed by atoms with van der Waals surface area (Å²) in [5, 5.41) is 9.21. The van der Waals surface area contributed by atoms with Crippen LogP contribution in [0.2, 0.25) is 0 Å². The summed E-state index contributed by atoms with van der Waals surface area (Å²) in [6.45, 7) is 3.22. The minimum atomic E-state index is 0.238. The van der Waals surface area contributed by atoms with Crippen LogP contribution in [0, 0.1) is 5.92 Å². The third-order valence-electron chi connectivity index (χ3n) is 3.85. The molecule has 94 valence electrons. The molecule has 2 unspecified atom stereocenters. The zero-order chi connectivity index (χ0) is 12.3. The van der Waals surface area contributed by atoms with Crippen LogP contribution >= 0.6 is 0 Å². The zero-order valence-electron chi connectivity index (χ0n) is 10.8. The van der Waals surface area contributed by atoms with Crippen LogP contribution in [0.15, 0.2) is 18.3 Å². The molecule has 1 aromatic heterocycles. The minimum Gasteiger partial charge on any atom is -0.506 e. The third kappa shape index (κ3) is 3.19. The fourth-order valence-electron chi connectivity index (χ4n) is 2.83. The molecule has 2 atom stereocenters. The Morgan fingerprint density at radius 2 is 2.12 bits per heavy atom. The van der Waals surface area contributed by atoms with Gasteiger partial charge in [-0.2, -0.15) is 0 Å². The van der Waals surface area contributed by atoms with Gasteiger partial charge in [0.15, 0.2) is 0 Å². The van der Waals surface area contributed by atoms with Crippen molar-refractivity contribution in [1.82, 2.24) is 9.88 Å². The van der Waals surface area contributed by atoms with Crippen molar-refractivity contribution < 1.29 is 5.11 Å². The molecule has 0 bridgehead atoms. The topological polar surface area (TPSA) is 36.4 Å². The lowest BCUT2D eigenvalue weighted by molar-refractivity contribution is 0.132. The van der Waals surface area contributed by atoms with Crippen LogP contribution in [0.4, 0.5) is 0 Å². The maximum absolute atomic E-state index is 9.21. The average Bonchev–Trinajstić information content (AvgIpc) is 2.32. The van der Waals surface area contributed by atoms with Crippen molar-refractivity contribution in [2.45, 2.75) is 45.2 Å². The molecule has 1 N–H and O–H groups in total. The Hall–Kier alpha value is -1.09. The second-order valence-corrected chi connectivity index (χ2v) is 5.25. The smallest absolute Gasteiger partial charge is 0.133 e. The molecule has 0 aromatic carbocycles. The van der Waals surface area contributed by atoms with Gasteiger partial charge in [-0.05, 0) is 37.9 Å². The fourth-order valence-corrected chi connectivity index (χ4v) is 2.83. The summed E-state index contributed by atoms with van der Waals surface area (Å²) >= 11 is 0. The van der Waals surface area contributed by atoms with Gasteiger partial charge in [-0.15, -0.1) is 0 Å². The van der Waals surface area contributed by atoms with Crippen molar-refractivity contribution in [3.05, 3.63) is 24.0 Å². The summed E-state index contributed by atoms with van der Waals surface area (Å²) in [6, 6.07) is 4.29. The van der Waals surface area contributed by atoms with Crippen LogP contribution < -0.4 is 0 Å². The number of aromatic hydroxyl groups is 1. The predicted molar refractivity (Wildman–Crippen MR) is 68.8 cm³/mol. The lowest BCUT2D eigenvalue weighted by atomic mass is 9.85. The summed E-state index contributed by atoms with van der Waals surface area (Å²) in [5.74, 6) is 1.02. The van der Waals surface area contributed by atoms with Crippen LogP contribution in [-0.4, -0.2) is 28.1 Å². The average molecular weight is 234 g/mol. The van der Waals surface area contributed by atoms with E-state index in [0.29, 0.717) is 6.04 Å². The van der Waals surface area contributed by atoms with Crippen LogP contribution in [0.3, 0.4) is 0 Å². The maximum atomic E-state index is 9.21. The number of rotatable bonds is 3. The van der Waals surface area contributed by atoms with Crippen molar-refractivity contribution in [2.24, 2.45) is 5.92 Å². The Bertz CT molecular complexity index is 350. The fraction of sp³-hybridized carbons (Fsp3) is 0.643. The molecule has 1 saturated carbocycles. The number of hydrogen-bond donors (Lipinski definition) is 1. The third-order valence-corrected chi connectivity index (χ3v) is 3.85. The molecule has 17 heavy (non-hydrogen) atoms. The van der Waals surface area contributed by atoms with Crippen molar-refractivity contribution in [1.29, 1.82) is 0 Å².